The molecule has 0 aliphatic heterocycles. The Hall–Kier alpha value is -2.98. The van der Waals surface area contributed by atoms with E-state index in [0.717, 1.165) is 12.1 Å². The normalized spacial score (nSPS) is 13.1. The van der Waals surface area contributed by atoms with Crippen LogP contribution in [0, 0.1) is 12.7 Å². The quantitative estimate of drug-likeness (QED) is 0.694. The second-order valence-corrected chi connectivity index (χ2v) is 5.79. The van der Waals surface area contributed by atoms with Gasteiger partial charge in [0.2, 0.25) is 0 Å². The number of fused-ring (bicyclic) bond motifs is 1. The van der Waals surface area contributed by atoms with Crippen LogP contribution < -0.4 is 10.3 Å². The van der Waals surface area contributed by atoms with E-state index in [1.807, 2.05) is 0 Å². The van der Waals surface area contributed by atoms with Crippen molar-refractivity contribution in [1.29, 1.82) is 0 Å². The number of aryl methyl sites for hydroxylation is 1. The smallest absolute Gasteiger partial charge is 0.403 e. The molecule has 3 rings (SSSR count). The number of ether oxygens (including phenoxy) is 1. The number of rotatable bonds is 4. The summed E-state index contributed by atoms with van der Waals surface area (Å²) in [6.45, 7) is 2.07. The summed E-state index contributed by atoms with van der Waals surface area (Å²) in [5.41, 5.74) is -0.379. The molecule has 11 heteroatoms. The fourth-order valence-corrected chi connectivity index (χ4v) is 2.71. The van der Waals surface area contributed by atoms with Crippen LogP contribution in [0.3, 0.4) is 0 Å². The lowest BCUT2D eigenvalue weighted by molar-refractivity contribution is -0.275. The van der Waals surface area contributed by atoms with Gasteiger partial charge in [-0.05, 0) is 31.5 Å². The molecule has 0 saturated heterocycles. The zero-order valence-corrected chi connectivity index (χ0v) is 14.1. The predicted molar refractivity (Wildman–Crippen MR) is 84.6 cm³/mol. The Bertz CT molecular complexity index is 1060. The molecule has 0 saturated carbocycles. The summed E-state index contributed by atoms with van der Waals surface area (Å²) in [5, 5.41) is 3.99. The van der Waals surface area contributed by atoms with Crippen LogP contribution in [-0.2, 0) is 6.67 Å². The highest BCUT2D eigenvalue weighted by Gasteiger charge is 2.32. The summed E-state index contributed by atoms with van der Waals surface area (Å²) in [6.07, 6.45) is -5.02. The summed E-state index contributed by atoms with van der Waals surface area (Å²) in [4.78, 5) is 18.7. The van der Waals surface area contributed by atoms with Crippen molar-refractivity contribution in [2.45, 2.75) is 32.9 Å². The minimum atomic E-state index is -5.02. The third-order valence-corrected chi connectivity index (χ3v) is 3.91. The minimum Gasteiger partial charge on any atom is -0.403 e. The third kappa shape index (κ3) is 3.62. The van der Waals surface area contributed by atoms with Crippen molar-refractivity contribution in [1.82, 2.24) is 19.7 Å². The van der Waals surface area contributed by atoms with Crippen LogP contribution in [0.2, 0.25) is 0 Å². The molecule has 0 unspecified atom stereocenters. The second kappa shape index (κ2) is 6.63. The van der Waals surface area contributed by atoms with E-state index in [2.05, 4.69) is 19.8 Å². The lowest BCUT2D eigenvalue weighted by atomic mass is 10.1. The Kier molecular flexibility index (Phi) is 4.62. The highest BCUT2D eigenvalue weighted by atomic mass is 19.4. The topological polar surface area (TPSA) is 72.8 Å². The van der Waals surface area contributed by atoms with E-state index in [4.69, 9.17) is 0 Å². The average molecular weight is 388 g/mol. The van der Waals surface area contributed by atoms with E-state index < -0.39 is 36.2 Å². The van der Waals surface area contributed by atoms with Gasteiger partial charge in [-0.1, -0.05) is 6.07 Å². The molecule has 6 nitrogen and oxygen atoms in total. The Morgan fingerprint density at radius 1 is 1.33 bits per heavy atom. The number of nitrogens with one attached hydrogen (secondary N) is 1. The third-order valence-electron chi connectivity index (χ3n) is 3.91. The second-order valence-electron chi connectivity index (χ2n) is 5.79. The average Bonchev–Trinajstić information content (AvgIpc) is 2.93. The van der Waals surface area contributed by atoms with Crippen molar-refractivity contribution in [3.8, 4) is 5.75 Å². The van der Waals surface area contributed by atoms with Crippen LogP contribution >= 0.6 is 0 Å². The Morgan fingerprint density at radius 2 is 2.04 bits per heavy atom. The van der Waals surface area contributed by atoms with Gasteiger partial charge in [-0.3, -0.25) is 4.79 Å². The molecule has 0 aliphatic rings. The standard InChI is InChI=1S/C16H13F5N4O2/c1-7(9-3-4-12(10(18)5-9)27-16(19,20)21)25-14-13(11(6-17)24-25)15(26)23-8(2)22-14/h3-5,7H,6H2,1-2H3,(H,22,23,26)/t7-/m0/s1. The van der Waals surface area contributed by atoms with E-state index in [-0.39, 0.29) is 28.1 Å². The van der Waals surface area contributed by atoms with E-state index >= 15 is 0 Å². The first-order chi connectivity index (χ1) is 12.6. The predicted octanol–water partition coefficient (Wildman–Crippen LogP) is 3.54. The largest absolute Gasteiger partial charge is 0.573 e. The van der Waals surface area contributed by atoms with Gasteiger partial charge in [-0.15, -0.1) is 13.2 Å². The van der Waals surface area contributed by atoms with Crippen molar-refractivity contribution in [2.75, 3.05) is 0 Å². The Balaban J connectivity index is 2.07. The van der Waals surface area contributed by atoms with Gasteiger partial charge in [-0.2, -0.15) is 5.10 Å². The van der Waals surface area contributed by atoms with Crippen molar-refractivity contribution in [3.63, 3.8) is 0 Å². The molecule has 0 aliphatic carbocycles. The van der Waals surface area contributed by atoms with Crippen LogP contribution in [-0.4, -0.2) is 26.1 Å². The molecule has 1 atom stereocenters. The molecule has 27 heavy (non-hydrogen) atoms. The first kappa shape index (κ1) is 18.8. The molecule has 1 N–H and O–H groups in total. The fourth-order valence-electron chi connectivity index (χ4n) is 2.71. The van der Waals surface area contributed by atoms with Crippen LogP contribution in [0.1, 0.15) is 30.0 Å². The van der Waals surface area contributed by atoms with Gasteiger partial charge in [0.15, 0.2) is 17.2 Å². The molecule has 2 heterocycles. The summed E-state index contributed by atoms with van der Waals surface area (Å²) in [7, 11) is 0. The van der Waals surface area contributed by atoms with Gasteiger partial charge in [-0.25, -0.2) is 18.4 Å². The molecule has 0 radical (unpaired) electrons. The van der Waals surface area contributed by atoms with Crippen molar-refractivity contribution >= 4 is 11.0 Å². The molecule has 1 aromatic carbocycles. The zero-order valence-electron chi connectivity index (χ0n) is 14.1. The summed E-state index contributed by atoms with van der Waals surface area (Å²) in [5.74, 6) is -1.93. The number of hydrogen-bond donors (Lipinski definition) is 1. The first-order valence-corrected chi connectivity index (χ1v) is 7.70. The maximum atomic E-state index is 14.0. The number of aromatic amines is 1. The number of H-pyrrole nitrogens is 1. The van der Waals surface area contributed by atoms with Gasteiger partial charge >= 0.3 is 6.36 Å². The van der Waals surface area contributed by atoms with Gasteiger partial charge in [0, 0.05) is 0 Å². The first-order valence-electron chi connectivity index (χ1n) is 7.70. The van der Waals surface area contributed by atoms with Crippen LogP contribution in [0.15, 0.2) is 23.0 Å². The van der Waals surface area contributed by atoms with Crippen LogP contribution in [0.5, 0.6) is 5.75 Å². The van der Waals surface area contributed by atoms with Crippen molar-refractivity contribution in [2.24, 2.45) is 0 Å². The van der Waals surface area contributed by atoms with E-state index in [0.29, 0.717) is 0 Å². The number of halogens is 5. The monoisotopic (exact) mass is 388 g/mol. The molecule has 0 bridgehead atoms. The number of alkyl halides is 4. The van der Waals surface area contributed by atoms with Gasteiger partial charge in [0.25, 0.3) is 5.56 Å². The Labute approximate surface area is 148 Å². The van der Waals surface area contributed by atoms with E-state index in [1.165, 1.54) is 17.7 Å². The molecule has 0 amide bonds. The van der Waals surface area contributed by atoms with Gasteiger partial charge in [0.1, 0.15) is 23.6 Å². The van der Waals surface area contributed by atoms with E-state index in [1.54, 1.807) is 6.92 Å². The number of nitrogens with zero attached hydrogens (tertiary/aromatic N) is 3. The van der Waals surface area contributed by atoms with E-state index in [9.17, 15) is 26.7 Å². The SMILES string of the molecule is Cc1nc2c(c(CF)nn2[C@@H](C)c2ccc(OC(F)(F)F)c(F)c2)c(=O)[nH]1. The van der Waals surface area contributed by atoms with Crippen molar-refractivity contribution < 1.29 is 26.7 Å². The summed E-state index contributed by atoms with van der Waals surface area (Å²) < 4.78 is 68.8. The number of aromatic nitrogens is 4. The highest BCUT2D eigenvalue weighted by Crippen LogP contribution is 2.29. The molecular formula is C16H13F5N4O2. The van der Waals surface area contributed by atoms with Gasteiger partial charge in [0.05, 0.1) is 6.04 Å². The molecule has 3 aromatic rings. The molecule has 0 spiro atoms. The number of benzene rings is 1. The summed E-state index contributed by atoms with van der Waals surface area (Å²) in [6, 6.07) is 2.17. The Morgan fingerprint density at radius 3 is 2.63 bits per heavy atom. The lowest BCUT2D eigenvalue weighted by Gasteiger charge is -2.15. The molecule has 2 aromatic heterocycles. The molecule has 144 valence electrons. The lowest BCUT2D eigenvalue weighted by Crippen LogP contribution is -2.18. The molecule has 0 fully saturated rings. The fraction of sp³-hybridized carbons (Fsp3) is 0.312. The highest BCUT2D eigenvalue weighted by molar-refractivity contribution is 5.77. The maximum Gasteiger partial charge on any atom is 0.573 e. The summed E-state index contributed by atoms with van der Waals surface area (Å²) >= 11 is 0. The minimum absolute atomic E-state index is 0.0348. The van der Waals surface area contributed by atoms with Crippen LogP contribution in [0.4, 0.5) is 22.0 Å². The molecular weight excluding hydrogens is 375 g/mol. The van der Waals surface area contributed by atoms with Crippen LogP contribution in [0.25, 0.3) is 11.0 Å². The number of hydrogen-bond acceptors (Lipinski definition) is 4. The maximum absolute atomic E-state index is 14.0. The van der Waals surface area contributed by atoms with Gasteiger partial charge < -0.3 is 9.72 Å². The zero-order chi connectivity index (χ0) is 19.9. The van der Waals surface area contributed by atoms with Crippen molar-refractivity contribution in [3.05, 3.63) is 51.5 Å².